The van der Waals surface area contributed by atoms with Crippen molar-refractivity contribution < 1.29 is 87.8 Å². The van der Waals surface area contributed by atoms with Gasteiger partial charge in [0.2, 0.25) is 23.3 Å². The molecule has 0 bridgehead atoms. The topological polar surface area (TPSA) is 0 Å². The summed E-state index contributed by atoms with van der Waals surface area (Å²) in [5.41, 5.74) is -12.3. The minimum atomic E-state index is -4.50. The summed E-state index contributed by atoms with van der Waals surface area (Å²) in [5.74, 6) is -75.3. The molecule has 0 radical (unpaired) electrons. The van der Waals surface area contributed by atoms with Crippen molar-refractivity contribution >= 4 is 0 Å². The van der Waals surface area contributed by atoms with Crippen molar-refractivity contribution in [3.05, 3.63) is 139 Å². The minimum Gasteiger partial charge on any atom is -0.203 e. The second-order valence-corrected chi connectivity index (χ2v) is 8.89. The molecule has 46 heavy (non-hydrogen) atoms. The van der Waals surface area contributed by atoms with E-state index in [0.29, 0.717) is 0 Å². The number of hydrogen-bond donors (Lipinski definition) is 0. The lowest BCUT2D eigenvalue weighted by Crippen LogP contribution is -2.28. The fraction of sp³-hybridized carbons (Fsp3) is 0.0769. The van der Waals surface area contributed by atoms with Gasteiger partial charge in [0.25, 0.3) is 0 Å². The molecule has 246 valence electrons. The van der Waals surface area contributed by atoms with E-state index in [1.807, 2.05) is 0 Å². The van der Waals surface area contributed by atoms with Gasteiger partial charge in [0.1, 0.15) is 0 Å². The Labute approximate surface area is 239 Å². The average Bonchev–Trinajstić information content (AvgIpc) is 3.03. The van der Waals surface area contributed by atoms with E-state index in [1.54, 1.807) is 0 Å². The molecular weight excluding hydrogens is 692 g/mol. The lowest BCUT2D eigenvalue weighted by molar-refractivity contribution is 0.330. The molecule has 0 nitrogen and oxygen atoms in total. The van der Waals surface area contributed by atoms with Gasteiger partial charge < -0.3 is 0 Å². The summed E-state index contributed by atoms with van der Waals surface area (Å²) in [7, 11) is 0. The largest absolute Gasteiger partial charge is 0.203 e. The van der Waals surface area contributed by atoms with Gasteiger partial charge in [0.15, 0.2) is 93.1 Å². The van der Waals surface area contributed by atoms with Crippen LogP contribution in [0.2, 0.25) is 0 Å². The van der Waals surface area contributed by atoms with Crippen LogP contribution < -0.4 is 0 Å². The second kappa shape index (κ2) is 11.7. The fourth-order valence-electron chi connectivity index (χ4n) is 4.54. The number of rotatable bonds is 5. The zero-order chi connectivity index (χ0) is 35.0. The molecule has 20 heteroatoms. The van der Waals surface area contributed by atoms with Gasteiger partial charge in [-0.1, -0.05) is 0 Å². The van der Waals surface area contributed by atoms with E-state index in [1.165, 1.54) is 0 Å². The van der Waals surface area contributed by atoms with Gasteiger partial charge in [0.05, 0.1) is 0 Å². The fourth-order valence-corrected chi connectivity index (χ4v) is 4.54. The van der Waals surface area contributed by atoms with Crippen LogP contribution in [-0.2, 0) is 0 Å². The van der Waals surface area contributed by atoms with Crippen molar-refractivity contribution in [1.82, 2.24) is 0 Å². The molecule has 0 aliphatic heterocycles. The molecule has 0 saturated heterocycles. The monoisotopic (exact) mass is 694 g/mol. The molecular formula is C26H2F20. The van der Waals surface area contributed by atoms with Crippen LogP contribution in [0, 0.1) is 116 Å². The van der Waals surface area contributed by atoms with Crippen molar-refractivity contribution in [3.63, 3.8) is 0 Å². The molecule has 0 aliphatic rings. The van der Waals surface area contributed by atoms with Crippen LogP contribution in [0.25, 0.3) is 0 Å². The van der Waals surface area contributed by atoms with E-state index in [9.17, 15) is 52.7 Å². The molecule has 0 amide bonds. The molecule has 0 unspecified atom stereocenters. The quantitative estimate of drug-likeness (QED) is 0.111. The highest BCUT2D eigenvalue weighted by molar-refractivity contribution is 5.49. The predicted octanol–water partition coefficient (Wildman–Crippen LogP) is 9.43. The van der Waals surface area contributed by atoms with E-state index < -0.39 is 150 Å². The van der Waals surface area contributed by atoms with Crippen LogP contribution in [0.15, 0.2) is 0 Å². The van der Waals surface area contributed by atoms with Gasteiger partial charge in [-0.15, -0.1) is 0 Å². The highest BCUT2D eigenvalue weighted by Gasteiger charge is 2.48. The van der Waals surface area contributed by atoms with Gasteiger partial charge in [0, 0.05) is 34.1 Å². The molecule has 4 aromatic rings. The van der Waals surface area contributed by atoms with Gasteiger partial charge in [-0.2, -0.15) is 0 Å². The van der Waals surface area contributed by atoms with E-state index >= 15 is 35.1 Å². The Morgan fingerprint density at radius 2 is 0.239 bits per heavy atom. The lowest BCUT2D eigenvalue weighted by atomic mass is 9.72. The number of halogens is 20. The summed E-state index contributed by atoms with van der Waals surface area (Å²) < 4.78 is 290. The summed E-state index contributed by atoms with van der Waals surface area (Å²) in [5, 5.41) is 0. The van der Waals surface area contributed by atoms with Gasteiger partial charge in [-0.3, -0.25) is 0 Å². The van der Waals surface area contributed by atoms with Crippen LogP contribution >= 0.6 is 0 Å². The third-order valence-corrected chi connectivity index (χ3v) is 6.55. The Balaban J connectivity index is 2.47. The maximum atomic E-state index is 15.1. The third-order valence-electron chi connectivity index (χ3n) is 6.55. The maximum absolute atomic E-state index is 15.1. The maximum Gasteiger partial charge on any atom is 0.200 e. The van der Waals surface area contributed by atoms with Crippen molar-refractivity contribution in [1.29, 1.82) is 0 Å². The van der Waals surface area contributed by atoms with Crippen molar-refractivity contribution in [3.8, 4) is 0 Å². The SMILES string of the molecule is Fc1c(F)c(F)c(C(c2c(F)c(F)c(F)c(F)c2F)C(c2c(F)c(F)c(F)c(F)c2F)c2c(F)c(F)c(F)c(F)c2F)c(F)c1F. The van der Waals surface area contributed by atoms with E-state index in [0.717, 1.165) is 0 Å². The molecule has 0 aromatic heterocycles. The Hall–Kier alpha value is -4.52. The highest BCUT2D eigenvalue weighted by atomic mass is 19.2. The molecule has 4 rings (SSSR count). The van der Waals surface area contributed by atoms with Crippen LogP contribution in [0.5, 0.6) is 0 Å². The van der Waals surface area contributed by atoms with Crippen molar-refractivity contribution in [2.24, 2.45) is 0 Å². The summed E-state index contributed by atoms with van der Waals surface area (Å²) in [4.78, 5) is 0. The van der Waals surface area contributed by atoms with Gasteiger partial charge in [-0.05, 0) is 0 Å². The van der Waals surface area contributed by atoms with Gasteiger partial charge in [-0.25, -0.2) is 87.8 Å². The lowest BCUT2D eigenvalue weighted by Gasteiger charge is -2.31. The Morgan fingerprint density at radius 1 is 0.152 bits per heavy atom. The Kier molecular flexibility index (Phi) is 8.73. The number of hydrogen-bond acceptors (Lipinski definition) is 0. The smallest absolute Gasteiger partial charge is 0.200 e. The first kappa shape index (κ1) is 34.4. The first-order valence-corrected chi connectivity index (χ1v) is 11.3. The Bertz CT molecular complexity index is 1570. The zero-order valence-electron chi connectivity index (χ0n) is 20.7. The molecule has 4 aromatic carbocycles. The third kappa shape index (κ3) is 4.70. The second-order valence-electron chi connectivity index (χ2n) is 8.89. The van der Waals surface area contributed by atoms with E-state index in [4.69, 9.17) is 0 Å². The summed E-state index contributed by atoms with van der Waals surface area (Å²) in [6.07, 6.45) is 0. The normalized spacial score (nSPS) is 11.9. The average molecular weight is 694 g/mol. The van der Waals surface area contributed by atoms with Gasteiger partial charge >= 0.3 is 0 Å². The molecule has 0 N–H and O–H groups in total. The van der Waals surface area contributed by atoms with Crippen LogP contribution in [0.4, 0.5) is 87.8 Å². The molecule has 0 atom stereocenters. The minimum absolute atomic E-state index is 3.07. The molecule has 0 saturated carbocycles. The number of benzene rings is 4. The van der Waals surface area contributed by atoms with E-state index in [2.05, 4.69) is 0 Å². The van der Waals surface area contributed by atoms with Crippen LogP contribution in [0.3, 0.4) is 0 Å². The standard InChI is InChI=1S/C26H2F20/c27-7-3(8(28)16(36)23(43)15(7)35)1(4-9(29)17(37)24(44)18(38)10(4)30)2(5-11(31)19(39)25(45)20(40)12(5)32)6-13(33)21(41)26(46)22(42)14(6)34/h1-2H. The van der Waals surface area contributed by atoms with Crippen LogP contribution in [-0.4, -0.2) is 0 Å². The summed E-state index contributed by atoms with van der Waals surface area (Å²) in [6.45, 7) is 0. The van der Waals surface area contributed by atoms with Crippen molar-refractivity contribution in [2.45, 2.75) is 11.8 Å². The van der Waals surface area contributed by atoms with Crippen molar-refractivity contribution in [2.75, 3.05) is 0 Å². The van der Waals surface area contributed by atoms with E-state index in [-0.39, 0.29) is 0 Å². The zero-order valence-corrected chi connectivity index (χ0v) is 20.7. The van der Waals surface area contributed by atoms with Crippen LogP contribution in [0.1, 0.15) is 34.1 Å². The summed E-state index contributed by atoms with van der Waals surface area (Å²) >= 11 is 0. The highest BCUT2D eigenvalue weighted by Crippen LogP contribution is 2.51. The predicted molar refractivity (Wildman–Crippen MR) is 109 cm³/mol. The first-order chi connectivity index (χ1) is 21.2. The summed E-state index contributed by atoms with van der Waals surface area (Å²) in [6, 6.07) is 0. The molecule has 0 fully saturated rings. The molecule has 0 aliphatic carbocycles. The first-order valence-electron chi connectivity index (χ1n) is 11.3. The molecule has 0 spiro atoms. The Morgan fingerprint density at radius 3 is 0.348 bits per heavy atom. The molecule has 0 heterocycles.